The van der Waals surface area contributed by atoms with Crippen molar-refractivity contribution >= 4 is 17.7 Å². The molecule has 11 nitrogen and oxygen atoms in total. The van der Waals surface area contributed by atoms with E-state index in [-0.39, 0.29) is 36.6 Å². The minimum absolute atomic E-state index is 0.213. The smallest absolute Gasteiger partial charge is 0.258 e. The maximum absolute atomic E-state index is 13.6. The third-order valence-corrected chi connectivity index (χ3v) is 7.24. The first kappa shape index (κ1) is 28.6. The van der Waals surface area contributed by atoms with Crippen LogP contribution in [0.15, 0.2) is 60.7 Å². The number of amides is 3. The Kier molecular flexibility index (Phi) is 8.66. The number of nitrogens with one attached hydrogen (secondary N) is 2. The van der Waals surface area contributed by atoms with E-state index < -0.39 is 12.1 Å². The number of ether oxygens (including phenoxy) is 5. The zero-order chi connectivity index (χ0) is 29.6. The van der Waals surface area contributed by atoms with Crippen LogP contribution in [0, 0.1) is 0 Å². The summed E-state index contributed by atoms with van der Waals surface area (Å²) >= 11 is 0. The van der Waals surface area contributed by atoms with Crippen molar-refractivity contribution in [1.82, 2.24) is 15.5 Å². The highest BCUT2D eigenvalue weighted by Crippen LogP contribution is 2.29. The van der Waals surface area contributed by atoms with E-state index in [0.717, 1.165) is 5.56 Å². The van der Waals surface area contributed by atoms with Crippen LogP contribution in [-0.4, -0.2) is 75.8 Å². The maximum atomic E-state index is 13.6. The van der Waals surface area contributed by atoms with E-state index in [1.807, 2.05) is 24.3 Å². The highest BCUT2D eigenvalue weighted by atomic mass is 16.5. The predicted octanol–water partition coefficient (Wildman–Crippen LogP) is 2.81. The Morgan fingerprint density at radius 3 is 2.36 bits per heavy atom. The standard InChI is InChI=1S/C31H33N3O8/c1-38-23-12-21(13-24(15-23)39-2)31(37)34-11-10-26-25(17-34)33-30(36)20-6-9-27(40-3)28(14-20)41-18-29(35)32-16-19-4-7-22(42-26)8-5-19/h4-9,12-15,25-26H,10-11,16-18H2,1-3H3,(H,32,35)(H,33,36)/t25-,26+/m0/s1. The molecule has 3 aliphatic heterocycles. The molecule has 3 aromatic carbocycles. The monoisotopic (exact) mass is 575 g/mol. The van der Waals surface area contributed by atoms with Gasteiger partial charge in [-0.15, -0.1) is 0 Å². The minimum atomic E-state index is -0.534. The summed E-state index contributed by atoms with van der Waals surface area (Å²) in [6, 6.07) is 16.6. The number of fused-ring (bicyclic) bond motifs is 7. The number of methoxy groups -OCH3 is 3. The number of hydrogen-bond donors (Lipinski definition) is 2. The van der Waals surface area contributed by atoms with Gasteiger partial charge >= 0.3 is 0 Å². The van der Waals surface area contributed by atoms with Gasteiger partial charge in [0.15, 0.2) is 18.1 Å². The van der Waals surface area contributed by atoms with Gasteiger partial charge in [0.05, 0.1) is 27.4 Å². The van der Waals surface area contributed by atoms with Crippen molar-refractivity contribution < 1.29 is 38.1 Å². The fourth-order valence-corrected chi connectivity index (χ4v) is 4.95. The molecule has 220 valence electrons. The molecule has 0 radical (unpaired) electrons. The van der Waals surface area contributed by atoms with Crippen molar-refractivity contribution in [3.05, 3.63) is 77.4 Å². The molecule has 42 heavy (non-hydrogen) atoms. The Morgan fingerprint density at radius 1 is 0.929 bits per heavy atom. The van der Waals surface area contributed by atoms with Crippen molar-refractivity contribution in [2.24, 2.45) is 0 Å². The summed E-state index contributed by atoms with van der Waals surface area (Å²) in [5.74, 6) is 1.34. The van der Waals surface area contributed by atoms with Gasteiger partial charge in [-0.1, -0.05) is 12.1 Å². The normalized spacial score (nSPS) is 18.8. The zero-order valence-electron chi connectivity index (χ0n) is 23.7. The molecule has 6 rings (SSSR count). The number of carbonyl (C=O) groups is 3. The van der Waals surface area contributed by atoms with Crippen LogP contribution in [0.25, 0.3) is 0 Å². The minimum Gasteiger partial charge on any atom is -0.497 e. The average molecular weight is 576 g/mol. The van der Waals surface area contributed by atoms with E-state index in [0.29, 0.717) is 53.6 Å². The van der Waals surface area contributed by atoms with E-state index in [9.17, 15) is 14.4 Å². The molecule has 0 spiro atoms. The van der Waals surface area contributed by atoms with Crippen LogP contribution in [0.4, 0.5) is 0 Å². The second-order valence-corrected chi connectivity index (χ2v) is 9.95. The van der Waals surface area contributed by atoms with Gasteiger partial charge in [-0.25, -0.2) is 0 Å². The number of rotatable bonds is 4. The number of benzene rings is 3. The Labute approximate surface area is 243 Å². The van der Waals surface area contributed by atoms with Crippen molar-refractivity contribution in [3.63, 3.8) is 0 Å². The predicted molar refractivity (Wildman–Crippen MR) is 153 cm³/mol. The molecule has 3 aromatic rings. The summed E-state index contributed by atoms with van der Waals surface area (Å²) in [5, 5.41) is 5.88. The van der Waals surface area contributed by atoms with Gasteiger partial charge in [-0.3, -0.25) is 14.4 Å². The van der Waals surface area contributed by atoms with Crippen LogP contribution >= 0.6 is 0 Å². The van der Waals surface area contributed by atoms with Gasteiger partial charge in [-0.2, -0.15) is 0 Å². The lowest BCUT2D eigenvalue weighted by Crippen LogP contribution is -2.58. The van der Waals surface area contributed by atoms with Gasteiger partial charge in [-0.05, 0) is 48.0 Å². The van der Waals surface area contributed by atoms with E-state index in [4.69, 9.17) is 23.7 Å². The summed E-state index contributed by atoms with van der Waals surface area (Å²) in [7, 11) is 4.53. The SMILES string of the molecule is COc1cc(OC)cc(C(=O)N2CC[C@H]3Oc4ccc(cc4)CNC(=O)COc4cc(ccc4OC)C(=O)N[C@H]3C2)c1. The first-order valence-electron chi connectivity index (χ1n) is 13.5. The molecule has 1 fully saturated rings. The molecule has 0 aliphatic carbocycles. The molecule has 4 bridgehead atoms. The second-order valence-electron chi connectivity index (χ2n) is 9.95. The quantitative estimate of drug-likeness (QED) is 0.487. The topological polar surface area (TPSA) is 125 Å². The lowest BCUT2D eigenvalue weighted by Gasteiger charge is -2.39. The molecule has 3 heterocycles. The molecule has 2 atom stereocenters. The Balaban J connectivity index is 1.44. The van der Waals surface area contributed by atoms with Gasteiger partial charge in [0.1, 0.15) is 23.4 Å². The first-order valence-corrected chi connectivity index (χ1v) is 13.5. The van der Waals surface area contributed by atoms with Gasteiger partial charge in [0.25, 0.3) is 17.7 Å². The van der Waals surface area contributed by atoms with Crippen molar-refractivity contribution in [1.29, 1.82) is 0 Å². The summed E-state index contributed by atoms with van der Waals surface area (Å²) in [4.78, 5) is 41.2. The lowest BCUT2D eigenvalue weighted by molar-refractivity contribution is -0.123. The van der Waals surface area contributed by atoms with Crippen molar-refractivity contribution in [2.45, 2.75) is 25.1 Å². The molecule has 2 N–H and O–H groups in total. The number of carbonyl (C=O) groups excluding carboxylic acids is 3. The maximum Gasteiger partial charge on any atom is 0.258 e. The fraction of sp³-hybridized carbons (Fsp3) is 0.323. The summed E-state index contributed by atoms with van der Waals surface area (Å²) in [6.07, 6.45) is 0.0695. The van der Waals surface area contributed by atoms with E-state index in [2.05, 4.69) is 10.6 Å². The third kappa shape index (κ3) is 6.51. The molecule has 0 unspecified atom stereocenters. The zero-order valence-corrected chi connectivity index (χ0v) is 23.7. The van der Waals surface area contributed by atoms with Crippen LogP contribution in [0.5, 0.6) is 28.7 Å². The van der Waals surface area contributed by atoms with Gasteiger partial charge < -0.3 is 39.2 Å². The lowest BCUT2D eigenvalue weighted by atomic mass is 9.99. The molecular weight excluding hydrogens is 542 g/mol. The molecular formula is C31H33N3O8. The number of piperidine rings is 1. The first-order chi connectivity index (χ1) is 20.4. The van der Waals surface area contributed by atoms with Gasteiger partial charge in [0, 0.05) is 43.2 Å². The van der Waals surface area contributed by atoms with Crippen LogP contribution < -0.4 is 34.3 Å². The van der Waals surface area contributed by atoms with Gasteiger partial charge in [0.2, 0.25) is 0 Å². The molecule has 11 heteroatoms. The second kappa shape index (κ2) is 12.7. The molecule has 0 saturated carbocycles. The number of likely N-dealkylation sites (tertiary alicyclic amines) is 1. The Bertz CT molecular complexity index is 1440. The van der Waals surface area contributed by atoms with Crippen LogP contribution in [0.2, 0.25) is 0 Å². The summed E-state index contributed by atoms with van der Waals surface area (Å²) in [6.45, 7) is 0.697. The van der Waals surface area contributed by atoms with Crippen LogP contribution in [-0.2, 0) is 11.3 Å². The molecule has 3 aliphatic rings. The van der Waals surface area contributed by atoms with Crippen LogP contribution in [0.1, 0.15) is 32.7 Å². The number of hydrogen-bond acceptors (Lipinski definition) is 8. The summed E-state index contributed by atoms with van der Waals surface area (Å²) in [5.41, 5.74) is 1.61. The van der Waals surface area contributed by atoms with E-state index in [1.54, 1.807) is 35.2 Å². The summed E-state index contributed by atoms with van der Waals surface area (Å²) < 4.78 is 28.1. The largest absolute Gasteiger partial charge is 0.497 e. The van der Waals surface area contributed by atoms with Crippen LogP contribution in [0.3, 0.4) is 0 Å². The van der Waals surface area contributed by atoms with Crippen molar-refractivity contribution in [3.8, 4) is 28.7 Å². The Hall–Kier alpha value is -4.93. The highest BCUT2D eigenvalue weighted by Gasteiger charge is 2.35. The molecule has 1 saturated heterocycles. The fourth-order valence-electron chi connectivity index (χ4n) is 4.95. The van der Waals surface area contributed by atoms with E-state index >= 15 is 0 Å². The highest BCUT2D eigenvalue weighted by molar-refractivity contribution is 5.96. The number of nitrogens with zero attached hydrogens (tertiary/aromatic N) is 1. The molecule has 0 aromatic heterocycles. The Morgan fingerprint density at radius 2 is 1.67 bits per heavy atom. The van der Waals surface area contributed by atoms with E-state index in [1.165, 1.54) is 27.4 Å². The van der Waals surface area contributed by atoms with Crippen molar-refractivity contribution in [2.75, 3.05) is 41.0 Å². The molecule has 3 amide bonds. The third-order valence-electron chi connectivity index (χ3n) is 7.24. The average Bonchev–Trinajstić information content (AvgIpc) is 3.03.